The van der Waals surface area contributed by atoms with Crippen LogP contribution in [0.2, 0.25) is 0 Å². The lowest BCUT2D eigenvalue weighted by Gasteiger charge is -2.10. The Balaban J connectivity index is 2.42. The standard InChI is InChI=1S/C14H26N4O/c1-11(2)9-18-14(16-10-17-18)8-13(19)5-4-12(3)6-7-15/h10-12H,4-9,15H2,1-3H3. The van der Waals surface area contributed by atoms with Gasteiger partial charge in [-0.3, -0.25) is 4.79 Å². The van der Waals surface area contributed by atoms with Crippen molar-refractivity contribution in [3.8, 4) is 0 Å². The van der Waals surface area contributed by atoms with Crippen LogP contribution >= 0.6 is 0 Å². The summed E-state index contributed by atoms with van der Waals surface area (Å²) in [6, 6.07) is 0. The summed E-state index contributed by atoms with van der Waals surface area (Å²) in [5.74, 6) is 2.04. The summed E-state index contributed by atoms with van der Waals surface area (Å²) in [7, 11) is 0. The van der Waals surface area contributed by atoms with Gasteiger partial charge in [0.25, 0.3) is 0 Å². The average molecular weight is 266 g/mol. The lowest BCUT2D eigenvalue weighted by atomic mass is 9.99. The van der Waals surface area contributed by atoms with Crippen LogP contribution in [-0.2, 0) is 17.8 Å². The monoisotopic (exact) mass is 266 g/mol. The third-order valence-corrected chi connectivity index (χ3v) is 3.16. The molecule has 19 heavy (non-hydrogen) atoms. The van der Waals surface area contributed by atoms with Crippen molar-refractivity contribution in [2.45, 2.75) is 53.0 Å². The number of aromatic nitrogens is 3. The first-order chi connectivity index (χ1) is 9.02. The first kappa shape index (κ1) is 15.8. The Morgan fingerprint density at radius 3 is 2.74 bits per heavy atom. The van der Waals surface area contributed by atoms with Crippen LogP contribution in [0.15, 0.2) is 6.33 Å². The maximum absolute atomic E-state index is 11.9. The molecule has 0 amide bonds. The molecule has 5 heteroatoms. The van der Waals surface area contributed by atoms with Gasteiger partial charge >= 0.3 is 0 Å². The lowest BCUT2D eigenvalue weighted by Crippen LogP contribution is -2.15. The molecule has 0 spiro atoms. The summed E-state index contributed by atoms with van der Waals surface area (Å²) in [4.78, 5) is 16.1. The number of carbonyl (C=O) groups excluding carboxylic acids is 1. The van der Waals surface area contributed by atoms with Crippen molar-refractivity contribution in [1.82, 2.24) is 14.8 Å². The van der Waals surface area contributed by atoms with Gasteiger partial charge in [0, 0.05) is 13.0 Å². The van der Waals surface area contributed by atoms with E-state index in [9.17, 15) is 4.79 Å². The zero-order chi connectivity index (χ0) is 14.3. The van der Waals surface area contributed by atoms with E-state index in [0.29, 0.717) is 31.2 Å². The topological polar surface area (TPSA) is 73.8 Å². The molecule has 0 radical (unpaired) electrons. The second kappa shape index (κ2) is 8.04. The zero-order valence-corrected chi connectivity index (χ0v) is 12.3. The highest BCUT2D eigenvalue weighted by Crippen LogP contribution is 2.11. The van der Waals surface area contributed by atoms with Crippen LogP contribution in [0.3, 0.4) is 0 Å². The molecule has 5 nitrogen and oxygen atoms in total. The minimum atomic E-state index is 0.238. The fraction of sp³-hybridized carbons (Fsp3) is 0.786. The van der Waals surface area contributed by atoms with E-state index in [1.54, 1.807) is 0 Å². The Bertz CT molecular complexity index is 387. The van der Waals surface area contributed by atoms with Gasteiger partial charge in [0.2, 0.25) is 0 Å². The molecule has 2 N–H and O–H groups in total. The van der Waals surface area contributed by atoms with Crippen LogP contribution in [0.5, 0.6) is 0 Å². The number of hydrogen-bond donors (Lipinski definition) is 1. The highest BCUT2D eigenvalue weighted by atomic mass is 16.1. The molecule has 1 rings (SSSR count). The molecule has 0 aliphatic heterocycles. The Labute approximate surface area is 115 Å². The van der Waals surface area contributed by atoms with Crippen molar-refractivity contribution in [3.05, 3.63) is 12.2 Å². The van der Waals surface area contributed by atoms with Crippen LogP contribution in [0.25, 0.3) is 0 Å². The van der Waals surface area contributed by atoms with Crippen molar-refractivity contribution in [1.29, 1.82) is 0 Å². The summed E-state index contributed by atoms with van der Waals surface area (Å²) in [5, 5.41) is 4.17. The van der Waals surface area contributed by atoms with Gasteiger partial charge in [-0.15, -0.1) is 0 Å². The fourth-order valence-electron chi connectivity index (χ4n) is 2.02. The molecule has 0 aromatic carbocycles. The molecule has 0 bridgehead atoms. The highest BCUT2D eigenvalue weighted by molar-refractivity contribution is 5.80. The van der Waals surface area contributed by atoms with E-state index < -0.39 is 0 Å². The predicted molar refractivity (Wildman–Crippen MR) is 75.6 cm³/mol. The Morgan fingerprint density at radius 2 is 2.11 bits per heavy atom. The number of ketones is 1. The number of hydrogen-bond acceptors (Lipinski definition) is 4. The van der Waals surface area contributed by atoms with Crippen molar-refractivity contribution in [3.63, 3.8) is 0 Å². The molecule has 1 aromatic heterocycles. The lowest BCUT2D eigenvalue weighted by molar-refractivity contribution is -0.118. The van der Waals surface area contributed by atoms with Crippen molar-refractivity contribution >= 4 is 5.78 Å². The minimum Gasteiger partial charge on any atom is -0.330 e. The maximum Gasteiger partial charge on any atom is 0.140 e. The van der Waals surface area contributed by atoms with Gasteiger partial charge in [0.15, 0.2) is 0 Å². The van der Waals surface area contributed by atoms with Crippen molar-refractivity contribution in [2.24, 2.45) is 17.6 Å². The number of carbonyl (C=O) groups is 1. The summed E-state index contributed by atoms with van der Waals surface area (Å²) in [6.07, 6.45) is 4.42. The van der Waals surface area contributed by atoms with Crippen LogP contribution in [0, 0.1) is 11.8 Å². The Kier molecular flexibility index (Phi) is 6.70. The molecule has 0 aliphatic rings. The van der Waals surface area contributed by atoms with Crippen LogP contribution < -0.4 is 5.73 Å². The molecule has 1 aromatic rings. The molecular weight excluding hydrogens is 240 g/mol. The van der Waals surface area contributed by atoms with Gasteiger partial charge < -0.3 is 5.73 Å². The van der Waals surface area contributed by atoms with E-state index in [4.69, 9.17) is 5.73 Å². The van der Waals surface area contributed by atoms with Crippen LogP contribution in [-0.4, -0.2) is 27.1 Å². The maximum atomic E-state index is 11.9. The third kappa shape index (κ3) is 5.96. The molecule has 108 valence electrons. The van der Waals surface area contributed by atoms with E-state index in [1.165, 1.54) is 6.33 Å². The van der Waals surface area contributed by atoms with Gasteiger partial charge in [-0.25, -0.2) is 9.67 Å². The molecular formula is C14H26N4O. The largest absolute Gasteiger partial charge is 0.330 e. The third-order valence-electron chi connectivity index (χ3n) is 3.16. The summed E-state index contributed by atoms with van der Waals surface area (Å²) in [5.41, 5.74) is 5.51. The number of nitrogens with two attached hydrogens (primary N) is 1. The van der Waals surface area contributed by atoms with Gasteiger partial charge in [0.1, 0.15) is 17.9 Å². The SMILES string of the molecule is CC(C)Cn1ncnc1CC(=O)CCC(C)CCN. The first-order valence-corrected chi connectivity index (χ1v) is 7.11. The second-order valence-electron chi connectivity index (χ2n) is 5.69. The summed E-state index contributed by atoms with van der Waals surface area (Å²) < 4.78 is 1.84. The first-order valence-electron chi connectivity index (χ1n) is 7.11. The van der Waals surface area contributed by atoms with E-state index in [0.717, 1.165) is 25.2 Å². The van der Waals surface area contributed by atoms with Gasteiger partial charge in [-0.2, -0.15) is 5.10 Å². The van der Waals surface area contributed by atoms with Gasteiger partial charge in [-0.1, -0.05) is 20.8 Å². The van der Waals surface area contributed by atoms with Crippen LogP contribution in [0.1, 0.15) is 45.9 Å². The van der Waals surface area contributed by atoms with E-state index in [1.807, 2.05) is 4.68 Å². The molecule has 0 aliphatic carbocycles. The van der Waals surface area contributed by atoms with Gasteiger partial charge in [0.05, 0.1) is 6.42 Å². The Morgan fingerprint density at radius 1 is 1.37 bits per heavy atom. The van der Waals surface area contributed by atoms with E-state index in [-0.39, 0.29) is 5.78 Å². The van der Waals surface area contributed by atoms with Gasteiger partial charge in [-0.05, 0) is 31.2 Å². The summed E-state index contributed by atoms with van der Waals surface area (Å²) >= 11 is 0. The molecule has 1 atom stereocenters. The second-order valence-corrected chi connectivity index (χ2v) is 5.69. The normalized spacial score (nSPS) is 12.9. The quantitative estimate of drug-likeness (QED) is 0.739. The fourth-order valence-corrected chi connectivity index (χ4v) is 2.02. The molecule has 0 saturated carbocycles. The summed E-state index contributed by atoms with van der Waals surface area (Å²) in [6.45, 7) is 7.90. The van der Waals surface area contributed by atoms with Crippen molar-refractivity contribution < 1.29 is 4.79 Å². The van der Waals surface area contributed by atoms with E-state index >= 15 is 0 Å². The minimum absolute atomic E-state index is 0.238. The predicted octanol–water partition coefficient (Wildman–Crippen LogP) is 1.81. The number of nitrogens with zero attached hydrogens (tertiary/aromatic N) is 3. The van der Waals surface area contributed by atoms with Crippen molar-refractivity contribution in [2.75, 3.05) is 6.54 Å². The molecule has 1 heterocycles. The highest BCUT2D eigenvalue weighted by Gasteiger charge is 2.12. The average Bonchev–Trinajstić information content (AvgIpc) is 2.73. The number of Topliss-reactive ketones (excluding diaryl/α,β-unsaturated/α-hetero) is 1. The molecule has 0 fully saturated rings. The van der Waals surface area contributed by atoms with Crippen LogP contribution in [0.4, 0.5) is 0 Å². The van der Waals surface area contributed by atoms with E-state index in [2.05, 4.69) is 30.9 Å². The Hall–Kier alpha value is -1.23. The smallest absolute Gasteiger partial charge is 0.140 e. The molecule has 1 unspecified atom stereocenters. The molecule has 0 saturated heterocycles. The zero-order valence-electron chi connectivity index (χ0n) is 12.3. The number of rotatable bonds is 9.